The first-order valence-electron chi connectivity index (χ1n) is 11.9. The van der Waals surface area contributed by atoms with Gasteiger partial charge in [0.15, 0.2) is 5.78 Å². The molecule has 0 aromatic heterocycles. The number of ether oxygens (including phenoxy) is 1. The smallest absolute Gasteiger partial charge is 0.216 e. The number of hydrogen-bond acceptors (Lipinski definition) is 6. The molecule has 1 N–H and O–H groups in total. The highest BCUT2D eigenvalue weighted by atomic mass is 16.5. The number of nitrogens with one attached hydrogen (secondary N) is 1. The fraction of sp³-hybridized carbons (Fsp3) is 0.310. The van der Waals surface area contributed by atoms with Crippen molar-refractivity contribution in [3.63, 3.8) is 0 Å². The first kappa shape index (κ1) is 26.6. The van der Waals surface area contributed by atoms with Crippen molar-refractivity contribution in [2.45, 2.75) is 47.2 Å². The first-order chi connectivity index (χ1) is 17.2. The van der Waals surface area contributed by atoms with E-state index in [1.54, 1.807) is 24.3 Å². The van der Waals surface area contributed by atoms with Gasteiger partial charge >= 0.3 is 0 Å². The molecule has 188 valence electrons. The molecule has 36 heavy (non-hydrogen) atoms. The number of amides is 1. The van der Waals surface area contributed by atoms with Gasteiger partial charge < -0.3 is 10.1 Å². The molecule has 0 saturated carbocycles. The molecule has 0 bridgehead atoms. The quantitative estimate of drug-likeness (QED) is 0.272. The van der Waals surface area contributed by atoms with E-state index in [9.17, 15) is 9.59 Å². The van der Waals surface area contributed by atoms with Crippen molar-refractivity contribution in [2.75, 3.05) is 24.4 Å². The molecule has 0 aliphatic heterocycles. The third-order valence-corrected chi connectivity index (χ3v) is 6.17. The molecule has 0 saturated heterocycles. The largest absolute Gasteiger partial charge is 0.495 e. The number of carbonyl (C=O) groups is 2. The predicted molar refractivity (Wildman–Crippen MR) is 145 cm³/mol. The Balaban J connectivity index is 1.91. The number of benzene rings is 3. The van der Waals surface area contributed by atoms with Crippen molar-refractivity contribution >= 4 is 29.3 Å². The van der Waals surface area contributed by atoms with Crippen molar-refractivity contribution in [1.29, 1.82) is 0 Å². The number of ketones is 1. The molecule has 0 spiro atoms. The Labute approximate surface area is 213 Å². The van der Waals surface area contributed by atoms with Crippen molar-refractivity contribution < 1.29 is 14.3 Å². The summed E-state index contributed by atoms with van der Waals surface area (Å²) in [6, 6.07) is 15.6. The highest BCUT2D eigenvalue weighted by Crippen LogP contribution is 2.31. The lowest BCUT2D eigenvalue weighted by Gasteiger charge is -2.24. The average molecular weight is 487 g/mol. The molecular weight excluding hydrogens is 452 g/mol. The SMILES string of the molecule is CNc1c(C)cc(Cc2cc(C)c(N=NC(C(C)=O)N(C=O)c3ccccc3OC)c(C)c2)cc1C. The van der Waals surface area contributed by atoms with Gasteiger partial charge in [-0.1, -0.05) is 36.4 Å². The van der Waals surface area contributed by atoms with Crippen LogP contribution in [0.3, 0.4) is 0 Å². The maximum Gasteiger partial charge on any atom is 0.216 e. The molecule has 0 fully saturated rings. The van der Waals surface area contributed by atoms with Crippen LogP contribution in [0.4, 0.5) is 17.1 Å². The number of para-hydroxylation sites is 2. The second kappa shape index (κ2) is 11.6. The second-order valence-corrected chi connectivity index (χ2v) is 8.99. The fourth-order valence-electron chi connectivity index (χ4n) is 4.63. The molecule has 3 aromatic rings. The van der Waals surface area contributed by atoms with Gasteiger partial charge in [0.2, 0.25) is 12.6 Å². The van der Waals surface area contributed by atoms with E-state index < -0.39 is 6.17 Å². The summed E-state index contributed by atoms with van der Waals surface area (Å²) in [6.45, 7) is 9.57. The van der Waals surface area contributed by atoms with Gasteiger partial charge in [-0.15, -0.1) is 0 Å². The fourth-order valence-corrected chi connectivity index (χ4v) is 4.63. The Morgan fingerprint density at radius 2 is 1.56 bits per heavy atom. The van der Waals surface area contributed by atoms with Crippen molar-refractivity contribution in [2.24, 2.45) is 10.2 Å². The molecule has 1 atom stereocenters. The number of rotatable bonds is 10. The molecule has 0 aliphatic rings. The average Bonchev–Trinajstić information content (AvgIpc) is 2.82. The Morgan fingerprint density at radius 3 is 2.06 bits per heavy atom. The van der Waals surface area contributed by atoms with Gasteiger partial charge in [-0.25, -0.2) is 0 Å². The number of hydrogen-bond donors (Lipinski definition) is 1. The minimum Gasteiger partial charge on any atom is -0.495 e. The van der Waals surface area contributed by atoms with Gasteiger partial charge in [-0.3, -0.25) is 14.5 Å². The summed E-state index contributed by atoms with van der Waals surface area (Å²) in [7, 11) is 3.45. The van der Waals surface area contributed by atoms with Crippen molar-refractivity contribution in [3.8, 4) is 5.75 Å². The number of methoxy groups -OCH3 is 1. The van der Waals surface area contributed by atoms with Crippen LogP contribution in [0, 0.1) is 27.7 Å². The molecule has 7 heteroatoms. The summed E-state index contributed by atoms with van der Waals surface area (Å²) in [5.41, 5.74) is 9.06. The number of Topliss-reactive ketones (excluding diaryl/α,β-unsaturated/α-hetero) is 1. The van der Waals surface area contributed by atoms with Gasteiger partial charge in [-0.05, 0) is 86.6 Å². The summed E-state index contributed by atoms with van der Waals surface area (Å²) in [5.74, 6) is 0.162. The first-order valence-corrected chi connectivity index (χ1v) is 11.9. The van der Waals surface area contributed by atoms with Crippen LogP contribution >= 0.6 is 0 Å². The zero-order chi connectivity index (χ0) is 26.4. The summed E-state index contributed by atoms with van der Waals surface area (Å²) in [4.78, 5) is 25.7. The van der Waals surface area contributed by atoms with E-state index in [4.69, 9.17) is 4.74 Å². The molecule has 7 nitrogen and oxygen atoms in total. The minimum absolute atomic E-state index is 0.306. The monoisotopic (exact) mass is 486 g/mol. The molecule has 0 radical (unpaired) electrons. The van der Waals surface area contributed by atoms with Crippen LogP contribution in [-0.4, -0.2) is 32.5 Å². The second-order valence-electron chi connectivity index (χ2n) is 8.99. The van der Waals surface area contributed by atoms with E-state index in [1.807, 2.05) is 20.9 Å². The van der Waals surface area contributed by atoms with E-state index >= 15 is 0 Å². The zero-order valence-electron chi connectivity index (χ0n) is 22.0. The van der Waals surface area contributed by atoms with E-state index in [0.29, 0.717) is 23.5 Å². The Hall–Kier alpha value is -4.00. The highest BCUT2D eigenvalue weighted by Gasteiger charge is 2.25. The number of azo groups is 1. The van der Waals surface area contributed by atoms with Gasteiger partial charge in [0.25, 0.3) is 0 Å². The maximum absolute atomic E-state index is 12.5. The normalized spacial score (nSPS) is 11.9. The summed E-state index contributed by atoms with van der Waals surface area (Å²) < 4.78 is 5.36. The molecular formula is C29H34N4O3. The lowest BCUT2D eigenvalue weighted by molar-refractivity contribution is -0.120. The third-order valence-electron chi connectivity index (χ3n) is 6.17. The highest BCUT2D eigenvalue weighted by molar-refractivity contribution is 5.92. The van der Waals surface area contributed by atoms with E-state index in [0.717, 1.165) is 17.5 Å². The van der Waals surface area contributed by atoms with Crippen LogP contribution in [0.5, 0.6) is 5.75 Å². The van der Waals surface area contributed by atoms with Gasteiger partial charge in [0.1, 0.15) is 5.75 Å². The summed E-state index contributed by atoms with van der Waals surface area (Å²) >= 11 is 0. The topological polar surface area (TPSA) is 83.4 Å². The van der Waals surface area contributed by atoms with Crippen LogP contribution in [0.1, 0.15) is 40.3 Å². The number of anilines is 2. The van der Waals surface area contributed by atoms with Crippen LogP contribution in [-0.2, 0) is 16.0 Å². The number of carbonyl (C=O) groups excluding carboxylic acids is 2. The molecule has 1 amide bonds. The van der Waals surface area contributed by atoms with Crippen LogP contribution in [0.25, 0.3) is 0 Å². The van der Waals surface area contributed by atoms with Crippen LogP contribution in [0.15, 0.2) is 58.8 Å². The maximum atomic E-state index is 12.5. The lowest BCUT2D eigenvalue weighted by atomic mass is 9.96. The van der Waals surface area contributed by atoms with Gasteiger partial charge in [0, 0.05) is 12.7 Å². The molecule has 3 aromatic carbocycles. The van der Waals surface area contributed by atoms with Gasteiger partial charge in [0.05, 0.1) is 18.5 Å². The summed E-state index contributed by atoms with van der Waals surface area (Å²) in [5, 5.41) is 12.0. The van der Waals surface area contributed by atoms with Gasteiger partial charge in [-0.2, -0.15) is 10.2 Å². The third kappa shape index (κ3) is 5.79. The minimum atomic E-state index is -1.10. The molecule has 0 aliphatic carbocycles. The Morgan fingerprint density at radius 1 is 1.00 bits per heavy atom. The number of nitrogens with zero attached hydrogens (tertiary/aromatic N) is 3. The van der Waals surface area contributed by atoms with Crippen LogP contribution in [0.2, 0.25) is 0 Å². The van der Waals surface area contributed by atoms with E-state index in [2.05, 4.69) is 53.7 Å². The lowest BCUT2D eigenvalue weighted by Crippen LogP contribution is -2.38. The number of aryl methyl sites for hydroxylation is 4. The molecule has 3 rings (SSSR count). The Bertz CT molecular complexity index is 1250. The summed E-state index contributed by atoms with van der Waals surface area (Å²) in [6.07, 6.45) is 0.275. The predicted octanol–water partition coefficient (Wildman–Crippen LogP) is 6.22. The van der Waals surface area contributed by atoms with Crippen molar-refractivity contribution in [3.05, 3.63) is 81.9 Å². The molecule has 1 unspecified atom stereocenters. The standard InChI is InChI=1S/C29H34N4O3/c1-18-12-23(13-19(2)27(18)30-6)16-24-14-20(3)28(21(4)15-24)31-32-29(22(5)35)33(17-34)25-10-8-9-11-26(25)36-7/h8-15,17,29-30H,16H2,1-7H3. The zero-order valence-corrected chi connectivity index (χ0v) is 22.0. The van der Waals surface area contributed by atoms with Crippen LogP contribution < -0.4 is 15.0 Å². The van der Waals surface area contributed by atoms with Crippen molar-refractivity contribution in [1.82, 2.24) is 0 Å². The Kier molecular flexibility index (Phi) is 8.59. The molecule has 0 heterocycles. The van der Waals surface area contributed by atoms with E-state index in [-0.39, 0.29) is 5.78 Å². The van der Waals surface area contributed by atoms with E-state index in [1.165, 1.54) is 46.9 Å².